The maximum absolute atomic E-state index is 13.0. The predicted molar refractivity (Wildman–Crippen MR) is 142 cm³/mol. The molecule has 2 heterocycles. The molecule has 0 spiro atoms. The van der Waals surface area contributed by atoms with Gasteiger partial charge in [-0.2, -0.15) is 0 Å². The van der Waals surface area contributed by atoms with Crippen LogP contribution in [-0.2, 0) is 50.6 Å². The number of likely N-dealkylation sites (N-methyl/N-ethyl adjacent to an activating group) is 1. The molecular formula is C27H42N5O4Y-. The van der Waals surface area contributed by atoms with Gasteiger partial charge in [-0.05, 0) is 26.2 Å². The van der Waals surface area contributed by atoms with E-state index >= 15 is 0 Å². The molecule has 1 unspecified atom stereocenters. The number of fused-ring (bicyclic) bond motifs is 1. The molecule has 3 rings (SSSR count). The molecule has 0 bridgehead atoms. The van der Waals surface area contributed by atoms with E-state index in [4.69, 9.17) is 5.11 Å². The number of aliphatic hydroxyl groups is 1. The van der Waals surface area contributed by atoms with Crippen LogP contribution in [0.4, 0.5) is 0 Å². The number of carbonyl (C=O) groups is 3. The van der Waals surface area contributed by atoms with Crippen molar-refractivity contribution in [3.05, 3.63) is 58.4 Å². The van der Waals surface area contributed by atoms with E-state index in [1.165, 1.54) is 7.05 Å². The van der Waals surface area contributed by atoms with Gasteiger partial charge in [-0.25, -0.2) is 4.98 Å². The average Bonchev–Trinajstić information content (AvgIpc) is 3.21. The van der Waals surface area contributed by atoms with E-state index in [1.807, 2.05) is 40.7 Å². The molecule has 0 aliphatic carbocycles. The molecule has 2 aromatic rings. The summed E-state index contributed by atoms with van der Waals surface area (Å²) in [4.78, 5) is 42.7. The molecule has 0 saturated carbocycles. The molecule has 0 fully saturated rings. The van der Waals surface area contributed by atoms with Crippen molar-refractivity contribution < 1.29 is 52.2 Å². The normalized spacial score (nSPS) is 13.2. The van der Waals surface area contributed by atoms with Crippen molar-refractivity contribution >= 4 is 17.6 Å². The SMILES string of the molecule is CC.CC(C)(C)O.CNC(=O)C(NC(=O)c1nc(C(=O)c2ccccc2)n2c1C[N-]CC2)C(C)(C)C.[Y]. The predicted octanol–water partition coefficient (Wildman–Crippen LogP) is 3.69. The standard InChI is InChI=1S/C21H26N5O3.C4H10O.C2H6.Y/c1-21(2,3)17(20(29)22-4)25-19(28)15-14-12-23-10-11-26(14)18(24-15)16(27)13-8-6-5-7-9-13;1-4(2,3)5;1-2;/h5-9,17H,10-12H2,1-4H3,(H,22,29)(H,25,28);5H,1-3H3;1-2H3;/q-1;;;. The van der Waals surface area contributed by atoms with Gasteiger partial charge in [-0.3, -0.25) is 14.4 Å². The number of nitrogens with zero attached hydrogens (tertiary/aromatic N) is 3. The van der Waals surface area contributed by atoms with Crippen molar-refractivity contribution in [2.45, 2.75) is 80.1 Å². The number of aromatic nitrogens is 2. The minimum atomic E-state index is -0.744. The topological polar surface area (TPSA) is 127 Å². The van der Waals surface area contributed by atoms with E-state index in [0.717, 1.165) is 0 Å². The van der Waals surface area contributed by atoms with Gasteiger partial charge in [-0.15, -0.1) is 13.1 Å². The number of rotatable bonds is 5. The second-order valence-corrected chi connectivity index (χ2v) is 10.2. The van der Waals surface area contributed by atoms with Gasteiger partial charge in [0.2, 0.25) is 11.7 Å². The Morgan fingerprint density at radius 2 is 1.59 bits per heavy atom. The van der Waals surface area contributed by atoms with Gasteiger partial charge in [-0.1, -0.05) is 65.0 Å². The van der Waals surface area contributed by atoms with E-state index in [-0.39, 0.29) is 55.9 Å². The smallest absolute Gasteiger partial charge is 0.272 e. The zero-order chi connectivity index (χ0) is 27.7. The fourth-order valence-corrected chi connectivity index (χ4v) is 3.34. The van der Waals surface area contributed by atoms with E-state index in [2.05, 4.69) is 20.9 Å². The number of ketones is 1. The summed E-state index contributed by atoms with van der Waals surface area (Å²) in [6, 6.07) is 8.10. The van der Waals surface area contributed by atoms with Crippen LogP contribution in [0.1, 0.15) is 87.8 Å². The van der Waals surface area contributed by atoms with Crippen LogP contribution >= 0.6 is 0 Å². The van der Waals surface area contributed by atoms with Crippen molar-refractivity contribution in [2.24, 2.45) is 5.41 Å². The van der Waals surface area contributed by atoms with Crippen LogP contribution in [0.2, 0.25) is 0 Å². The van der Waals surface area contributed by atoms with Crippen LogP contribution in [0, 0.1) is 5.41 Å². The van der Waals surface area contributed by atoms with Crippen LogP contribution in [0.25, 0.3) is 5.32 Å². The van der Waals surface area contributed by atoms with Crippen molar-refractivity contribution in [2.75, 3.05) is 13.6 Å². The molecule has 1 aliphatic heterocycles. The summed E-state index contributed by atoms with van der Waals surface area (Å²) in [5, 5.41) is 18.2. The fourth-order valence-electron chi connectivity index (χ4n) is 3.34. The summed E-state index contributed by atoms with van der Waals surface area (Å²) in [6.45, 7) is 16.2. The summed E-state index contributed by atoms with van der Waals surface area (Å²) in [5.41, 5.74) is 0.249. The quantitative estimate of drug-likeness (QED) is 0.459. The maximum Gasteiger partial charge on any atom is 0.272 e. The van der Waals surface area contributed by atoms with Crippen LogP contribution in [0.3, 0.4) is 0 Å². The van der Waals surface area contributed by atoms with E-state index < -0.39 is 23.0 Å². The summed E-state index contributed by atoms with van der Waals surface area (Å²) in [5.74, 6) is -0.796. The number of hydrogen-bond donors (Lipinski definition) is 3. The zero-order valence-electron chi connectivity index (χ0n) is 23.7. The molecule has 37 heavy (non-hydrogen) atoms. The molecular weight excluding hydrogens is 547 g/mol. The van der Waals surface area contributed by atoms with Gasteiger partial charge in [0.15, 0.2) is 5.82 Å². The van der Waals surface area contributed by atoms with Crippen LogP contribution in [0.5, 0.6) is 0 Å². The number of imidazole rings is 1. The third-order valence-corrected chi connectivity index (χ3v) is 4.92. The van der Waals surface area contributed by atoms with Crippen molar-refractivity contribution in [1.29, 1.82) is 0 Å². The van der Waals surface area contributed by atoms with Gasteiger partial charge in [0.25, 0.3) is 5.91 Å². The Labute approximate surface area is 246 Å². The second kappa shape index (κ2) is 15.5. The number of nitrogens with one attached hydrogen (secondary N) is 2. The number of hydrogen-bond acceptors (Lipinski definition) is 5. The first-order valence-electron chi connectivity index (χ1n) is 12.3. The number of carbonyl (C=O) groups excluding carboxylic acids is 3. The van der Waals surface area contributed by atoms with Crippen LogP contribution in [0.15, 0.2) is 30.3 Å². The molecule has 9 nitrogen and oxygen atoms in total. The number of amides is 2. The Morgan fingerprint density at radius 3 is 2.08 bits per heavy atom. The first-order chi connectivity index (χ1) is 16.7. The molecule has 1 aromatic heterocycles. The Morgan fingerprint density at radius 1 is 1.05 bits per heavy atom. The Kier molecular flexibility index (Phi) is 14.7. The maximum atomic E-state index is 13.0. The molecule has 10 heteroatoms. The third-order valence-electron chi connectivity index (χ3n) is 4.92. The Hall–Kier alpha value is -1.94. The zero-order valence-corrected chi connectivity index (χ0v) is 26.5. The summed E-state index contributed by atoms with van der Waals surface area (Å²) in [7, 11) is 1.53. The molecule has 3 N–H and O–H groups in total. The van der Waals surface area contributed by atoms with E-state index in [9.17, 15) is 14.4 Å². The average molecular weight is 590 g/mol. The summed E-state index contributed by atoms with van der Waals surface area (Å²) >= 11 is 0. The van der Waals surface area contributed by atoms with Gasteiger partial charge in [0.05, 0.1) is 5.60 Å². The van der Waals surface area contributed by atoms with Gasteiger partial charge in [0, 0.05) is 57.6 Å². The second-order valence-electron chi connectivity index (χ2n) is 10.2. The van der Waals surface area contributed by atoms with Crippen molar-refractivity contribution in [3.8, 4) is 0 Å². The number of benzene rings is 1. The third kappa shape index (κ3) is 10.8. The van der Waals surface area contributed by atoms with Crippen LogP contribution < -0.4 is 10.6 Å². The summed E-state index contributed by atoms with van der Waals surface area (Å²) in [6.07, 6.45) is 0. The molecule has 1 atom stereocenters. The van der Waals surface area contributed by atoms with Crippen molar-refractivity contribution in [3.63, 3.8) is 0 Å². The Bertz CT molecular complexity index is 1020. The molecule has 1 aliphatic rings. The molecule has 2 amide bonds. The van der Waals surface area contributed by atoms with Gasteiger partial charge >= 0.3 is 0 Å². The first-order valence-corrected chi connectivity index (χ1v) is 12.3. The monoisotopic (exact) mass is 589 g/mol. The fraction of sp³-hybridized carbons (Fsp3) is 0.556. The molecule has 203 valence electrons. The van der Waals surface area contributed by atoms with E-state index in [1.54, 1.807) is 49.6 Å². The van der Waals surface area contributed by atoms with Gasteiger partial charge < -0.3 is 25.6 Å². The molecule has 1 aromatic carbocycles. The van der Waals surface area contributed by atoms with Crippen molar-refractivity contribution in [1.82, 2.24) is 20.2 Å². The largest absolute Gasteiger partial charge is 0.656 e. The van der Waals surface area contributed by atoms with Gasteiger partial charge in [0.1, 0.15) is 11.7 Å². The minimum Gasteiger partial charge on any atom is -0.656 e. The Balaban J connectivity index is 0.00000145. The first kappa shape index (κ1) is 35.1. The molecule has 1 radical (unpaired) electrons. The summed E-state index contributed by atoms with van der Waals surface area (Å²) < 4.78 is 1.77. The van der Waals surface area contributed by atoms with Crippen LogP contribution in [-0.4, -0.2) is 57.5 Å². The molecule has 0 saturated heterocycles. The van der Waals surface area contributed by atoms with E-state index in [0.29, 0.717) is 30.9 Å². The minimum absolute atomic E-state index is 0.